The van der Waals surface area contributed by atoms with E-state index in [-0.39, 0.29) is 24.8 Å². The van der Waals surface area contributed by atoms with Crippen LogP contribution in [0, 0.1) is 5.92 Å². The first-order valence-electron chi connectivity index (χ1n) is 6.02. The Morgan fingerprint density at radius 2 is 1.72 bits per heavy atom. The average Bonchev–Trinajstić information content (AvgIpc) is 2.62. The van der Waals surface area contributed by atoms with Crippen LogP contribution in [0.5, 0.6) is 0 Å². The molecule has 0 N–H and O–H groups in total. The third-order valence-corrected chi connectivity index (χ3v) is 8.48. The predicted octanol–water partition coefficient (Wildman–Crippen LogP) is -1.43. The normalized spacial score (nSPS) is 22.2. The van der Waals surface area contributed by atoms with E-state index in [2.05, 4.69) is 46.8 Å². The van der Waals surface area contributed by atoms with Gasteiger partial charge in [0.2, 0.25) is 0 Å². The molecular weight excluding hydrogens is 342 g/mol. The molecule has 2 aliphatic carbocycles. The topological polar surface area (TPSA) is 0 Å². The Hall–Kier alpha value is 0.423. The van der Waals surface area contributed by atoms with Crippen LogP contribution in [0.3, 0.4) is 0 Å². The van der Waals surface area contributed by atoms with Gasteiger partial charge in [0, 0.05) is 0 Å². The van der Waals surface area contributed by atoms with Crippen molar-refractivity contribution < 1.29 is 48.0 Å². The fraction of sp³-hybridized carbons (Fsp3) is 0.467. The zero-order chi connectivity index (χ0) is 11.9. The van der Waals surface area contributed by atoms with Gasteiger partial charge in [-0.15, -0.1) is 0 Å². The summed E-state index contributed by atoms with van der Waals surface area (Å²) in [6, 6.07) is 0. The smallest absolute Gasteiger partial charge is 1.00 e. The third kappa shape index (κ3) is 3.72. The molecule has 2 aliphatic rings. The summed E-state index contributed by atoms with van der Waals surface area (Å²) in [7, 11) is 0. The van der Waals surface area contributed by atoms with Gasteiger partial charge < -0.3 is 24.8 Å². The standard InChI is InChI=1S/C8H11.C7H9.2ClH.Zr/c1-6-4-7(2)8(3)5-6;1-6-3-4-7(2)5-6;;;/h4,6H,1-3H3;5H,3H2,1-2H3;2*1H;/q;;;;+2/p-2. The molecule has 0 aromatic rings. The Morgan fingerprint density at radius 1 is 1.11 bits per heavy atom. The largest absolute Gasteiger partial charge is 1.00 e. The Labute approximate surface area is 135 Å². The quantitative estimate of drug-likeness (QED) is 0.565. The van der Waals surface area contributed by atoms with Crippen LogP contribution in [0.25, 0.3) is 0 Å². The average molecular weight is 362 g/mol. The minimum atomic E-state index is -0.493. The first kappa shape index (κ1) is 18.4. The molecular formula is C15H20Cl2Zr. The van der Waals surface area contributed by atoms with E-state index < -0.39 is 23.2 Å². The second-order valence-electron chi connectivity index (χ2n) is 5.13. The van der Waals surface area contributed by atoms with Crippen molar-refractivity contribution in [2.24, 2.45) is 5.92 Å². The van der Waals surface area contributed by atoms with Crippen LogP contribution < -0.4 is 24.8 Å². The molecule has 0 aromatic heterocycles. The second kappa shape index (κ2) is 7.27. The number of rotatable bonds is 2. The van der Waals surface area contributed by atoms with E-state index >= 15 is 0 Å². The molecule has 2 rings (SSSR count). The number of hydrogen-bond acceptors (Lipinski definition) is 0. The van der Waals surface area contributed by atoms with Crippen LogP contribution >= 0.6 is 0 Å². The Kier molecular flexibility index (Phi) is 7.44. The Morgan fingerprint density at radius 3 is 2.11 bits per heavy atom. The first-order chi connectivity index (χ1) is 7.49. The van der Waals surface area contributed by atoms with Crippen LogP contribution in [0.2, 0.25) is 0 Å². The summed E-state index contributed by atoms with van der Waals surface area (Å²) in [6.45, 7) is 11.5. The molecule has 1 unspecified atom stereocenters. The molecule has 0 saturated carbocycles. The SMILES string of the molecule is CC1=CC(C)=[C]([Zr+2][C]2=C(C)C(C)=CC2C)C1.[Cl-].[Cl-]. The molecule has 0 bridgehead atoms. The van der Waals surface area contributed by atoms with Crippen molar-refractivity contribution in [1.29, 1.82) is 0 Å². The summed E-state index contributed by atoms with van der Waals surface area (Å²) in [5.74, 6) is 0.716. The van der Waals surface area contributed by atoms with Crippen LogP contribution in [-0.4, -0.2) is 0 Å². The molecule has 98 valence electrons. The van der Waals surface area contributed by atoms with Crippen molar-refractivity contribution in [2.45, 2.75) is 41.0 Å². The molecule has 0 aliphatic heterocycles. The van der Waals surface area contributed by atoms with Gasteiger partial charge in [-0.3, -0.25) is 0 Å². The maximum absolute atomic E-state index is 2.44. The molecule has 18 heavy (non-hydrogen) atoms. The van der Waals surface area contributed by atoms with Gasteiger partial charge in [-0.1, -0.05) is 0 Å². The zero-order valence-electron chi connectivity index (χ0n) is 11.7. The molecule has 0 heterocycles. The van der Waals surface area contributed by atoms with Gasteiger partial charge >= 0.3 is 111 Å². The van der Waals surface area contributed by atoms with E-state index in [1.165, 1.54) is 12.0 Å². The van der Waals surface area contributed by atoms with Gasteiger partial charge in [0.1, 0.15) is 0 Å². The fourth-order valence-electron chi connectivity index (χ4n) is 2.58. The van der Waals surface area contributed by atoms with Crippen LogP contribution in [0.4, 0.5) is 0 Å². The first-order valence-corrected chi connectivity index (χ1v) is 8.48. The molecule has 0 radical (unpaired) electrons. The predicted molar refractivity (Wildman–Crippen MR) is 66.7 cm³/mol. The van der Waals surface area contributed by atoms with Gasteiger partial charge in [0.15, 0.2) is 0 Å². The van der Waals surface area contributed by atoms with Crippen LogP contribution in [0.15, 0.2) is 41.0 Å². The number of allylic oxidation sites excluding steroid dienone is 8. The molecule has 0 nitrogen and oxygen atoms in total. The van der Waals surface area contributed by atoms with Crippen molar-refractivity contribution in [1.82, 2.24) is 0 Å². The van der Waals surface area contributed by atoms with Crippen molar-refractivity contribution in [3.63, 3.8) is 0 Å². The minimum Gasteiger partial charge on any atom is -1.00 e. The van der Waals surface area contributed by atoms with Crippen molar-refractivity contribution in [2.75, 3.05) is 0 Å². The van der Waals surface area contributed by atoms with Crippen molar-refractivity contribution >= 4 is 0 Å². The van der Waals surface area contributed by atoms with Crippen molar-refractivity contribution in [3.05, 3.63) is 41.0 Å². The molecule has 0 aromatic carbocycles. The minimum absolute atomic E-state index is 0. The molecule has 0 saturated heterocycles. The summed E-state index contributed by atoms with van der Waals surface area (Å²) in [5.41, 5.74) is 6.25. The zero-order valence-corrected chi connectivity index (χ0v) is 15.7. The number of hydrogen-bond donors (Lipinski definition) is 0. The van der Waals surface area contributed by atoms with E-state index in [0.29, 0.717) is 5.92 Å². The number of halogens is 2. The summed E-state index contributed by atoms with van der Waals surface area (Å²) in [4.78, 5) is 0. The monoisotopic (exact) mass is 360 g/mol. The van der Waals surface area contributed by atoms with E-state index in [1.807, 2.05) is 0 Å². The van der Waals surface area contributed by atoms with Crippen molar-refractivity contribution in [3.8, 4) is 0 Å². The van der Waals surface area contributed by atoms with Gasteiger partial charge in [-0.2, -0.15) is 0 Å². The van der Waals surface area contributed by atoms with Gasteiger partial charge in [-0.05, 0) is 0 Å². The fourth-order valence-corrected chi connectivity index (χ4v) is 6.65. The Bertz CT molecular complexity index is 453. The van der Waals surface area contributed by atoms with E-state index in [4.69, 9.17) is 0 Å². The van der Waals surface area contributed by atoms with Crippen LogP contribution in [-0.2, 0) is 23.2 Å². The summed E-state index contributed by atoms with van der Waals surface area (Å²) in [6.07, 6.45) is 6.09. The second-order valence-corrected chi connectivity index (χ2v) is 8.55. The molecule has 0 amide bonds. The van der Waals surface area contributed by atoms with E-state index in [1.54, 1.807) is 23.3 Å². The van der Waals surface area contributed by atoms with Gasteiger partial charge in [-0.25, -0.2) is 0 Å². The summed E-state index contributed by atoms with van der Waals surface area (Å²) >= 11 is -0.493. The van der Waals surface area contributed by atoms with Crippen LogP contribution in [0.1, 0.15) is 41.0 Å². The summed E-state index contributed by atoms with van der Waals surface area (Å²) < 4.78 is 3.60. The third-order valence-electron chi connectivity index (χ3n) is 3.63. The molecule has 0 spiro atoms. The molecule has 3 heteroatoms. The Balaban J connectivity index is 0.00000144. The maximum atomic E-state index is 2.44. The molecule has 0 fully saturated rings. The van der Waals surface area contributed by atoms with E-state index in [0.717, 1.165) is 0 Å². The molecule has 1 atom stereocenters. The van der Waals surface area contributed by atoms with Gasteiger partial charge in [0.25, 0.3) is 0 Å². The van der Waals surface area contributed by atoms with Gasteiger partial charge in [0.05, 0.1) is 0 Å². The van der Waals surface area contributed by atoms with E-state index in [9.17, 15) is 0 Å². The summed E-state index contributed by atoms with van der Waals surface area (Å²) in [5, 5.41) is 0. The maximum Gasteiger partial charge on any atom is -1.00 e.